The molecule has 0 atom stereocenters. The Balaban J connectivity index is 1.65. The fraction of sp³-hybridized carbons (Fsp3) is 0.269. The predicted molar refractivity (Wildman–Crippen MR) is 125 cm³/mol. The van der Waals surface area contributed by atoms with Crippen molar-refractivity contribution in [1.29, 1.82) is 0 Å². The van der Waals surface area contributed by atoms with Crippen molar-refractivity contribution in [2.75, 3.05) is 6.54 Å². The van der Waals surface area contributed by atoms with Crippen LogP contribution >= 0.6 is 0 Å². The average Bonchev–Trinajstić information content (AvgIpc) is 3.22. The number of carbonyl (C=O) groups is 2. The summed E-state index contributed by atoms with van der Waals surface area (Å²) in [6.45, 7) is 4.03. The summed E-state index contributed by atoms with van der Waals surface area (Å²) in [5.41, 5.74) is 4.70. The van der Waals surface area contributed by atoms with Gasteiger partial charge in [-0.3, -0.25) is 9.59 Å². The third-order valence-corrected chi connectivity index (χ3v) is 5.92. The molecule has 7 heteroatoms. The summed E-state index contributed by atoms with van der Waals surface area (Å²) in [6, 6.07) is 11.9. The molecule has 2 N–H and O–H groups in total. The summed E-state index contributed by atoms with van der Waals surface area (Å²) < 4.78 is 11.5. The van der Waals surface area contributed by atoms with Crippen LogP contribution in [0, 0.1) is 13.8 Å². The SMILES string of the molecule is Cc1c(CCC(=O)NCCCC(=O)O)c(=O)oc2c(C)c3occ(-c4ccccc4)c3cc12. The number of carbonyl (C=O) groups excluding carboxylic acids is 1. The van der Waals surface area contributed by atoms with Gasteiger partial charge < -0.3 is 19.3 Å². The maximum absolute atomic E-state index is 12.7. The number of hydrogen-bond donors (Lipinski definition) is 2. The molecule has 0 fully saturated rings. The number of aliphatic carboxylic acids is 1. The van der Waals surface area contributed by atoms with Crippen LogP contribution in [-0.2, 0) is 16.0 Å². The number of amides is 1. The quantitative estimate of drug-likeness (QED) is 0.298. The van der Waals surface area contributed by atoms with Crippen LogP contribution in [0.25, 0.3) is 33.1 Å². The number of hydrogen-bond acceptors (Lipinski definition) is 5. The second-order valence-corrected chi connectivity index (χ2v) is 8.11. The molecule has 0 spiro atoms. The minimum atomic E-state index is -0.897. The summed E-state index contributed by atoms with van der Waals surface area (Å²) in [5, 5.41) is 13.1. The Morgan fingerprint density at radius 1 is 1.00 bits per heavy atom. The zero-order valence-corrected chi connectivity index (χ0v) is 18.6. The Morgan fingerprint density at radius 3 is 2.48 bits per heavy atom. The zero-order valence-electron chi connectivity index (χ0n) is 18.6. The van der Waals surface area contributed by atoms with Gasteiger partial charge in [-0.2, -0.15) is 0 Å². The van der Waals surface area contributed by atoms with Gasteiger partial charge in [-0.25, -0.2) is 4.79 Å². The molecule has 0 aliphatic heterocycles. The molecule has 4 rings (SSSR count). The average molecular weight is 447 g/mol. The molecule has 0 saturated heterocycles. The summed E-state index contributed by atoms with van der Waals surface area (Å²) in [4.78, 5) is 35.4. The number of carboxylic acids is 1. The zero-order chi connectivity index (χ0) is 23.5. The van der Waals surface area contributed by atoms with Crippen LogP contribution in [0.1, 0.15) is 36.0 Å². The second kappa shape index (κ2) is 9.32. The van der Waals surface area contributed by atoms with Gasteiger partial charge in [-0.05, 0) is 43.9 Å². The molecule has 2 aromatic heterocycles. The van der Waals surface area contributed by atoms with E-state index in [0.29, 0.717) is 23.2 Å². The molecule has 0 aliphatic rings. The topological polar surface area (TPSA) is 110 Å². The van der Waals surface area contributed by atoms with Gasteiger partial charge in [0.15, 0.2) is 0 Å². The van der Waals surface area contributed by atoms with Gasteiger partial charge in [0.05, 0.1) is 6.26 Å². The molecule has 170 valence electrons. The molecule has 0 aliphatic carbocycles. The highest BCUT2D eigenvalue weighted by molar-refractivity contribution is 6.04. The van der Waals surface area contributed by atoms with Crippen LogP contribution in [0.5, 0.6) is 0 Å². The monoisotopic (exact) mass is 447 g/mol. The molecular formula is C26H25NO6. The summed E-state index contributed by atoms with van der Waals surface area (Å²) in [6.07, 6.45) is 2.44. The number of nitrogens with one attached hydrogen (secondary N) is 1. The minimum absolute atomic E-state index is 0.000450. The van der Waals surface area contributed by atoms with Gasteiger partial charge in [-0.1, -0.05) is 30.3 Å². The van der Waals surface area contributed by atoms with Gasteiger partial charge in [0.2, 0.25) is 5.91 Å². The second-order valence-electron chi connectivity index (χ2n) is 8.11. The molecule has 7 nitrogen and oxygen atoms in total. The Morgan fingerprint density at radius 2 is 1.76 bits per heavy atom. The highest BCUT2D eigenvalue weighted by atomic mass is 16.4. The van der Waals surface area contributed by atoms with Crippen LogP contribution < -0.4 is 10.9 Å². The van der Waals surface area contributed by atoms with E-state index in [1.54, 1.807) is 6.26 Å². The normalized spacial score (nSPS) is 11.2. The van der Waals surface area contributed by atoms with Gasteiger partial charge in [0, 0.05) is 46.8 Å². The van der Waals surface area contributed by atoms with E-state index >= 15 is 0 Å². The maximum atomic E-state index is 12.7. The molecule has 0 saturated carbocycles. The van der Waals surface area contributed by atoms with Crippen molar-refractivity contribution in [3.8, 4) is 11.1 Å². The Kier molecular flexibility index (Phi) is 6.31. The molecule has 4 aromatic rings. The van der Waals surface area contributed by atoms with Crippen LogP contribution in [0.2, 0.25) is 0 Å². The van der Waals surface area contributed by atoms with Crippen molar-refractivity contribution < 1.29 is 23.5 Å². The summed E-state index contributed by atoms with van der Waals surface area (Å²) >= 11 is 0. The summed E-state index contributed by atoms with van der Waals surface area (Å²) in [5.74, 6) is -1.13. The molecule has 0 bridgehead atoms. The first-order valence-electron chi connectivity index (χ1n) is 10.9. The van der Waals surface area contributed by atoms with E-state index in [2.05, 4.69) is 5.32 Å². The largest absolute Gasteiger partial charge is 0.481 e. The van der Waals surface area contributed by atoms with Gasteiger partial charge >= 0.3 is 11.6 Å². The third kappa shape index (κ3) is 4.53. The van der Waals surface area contributed by atoms with Gasteiger partial charge in [0.1, 0.15) is 11.2 Å². The predicted octanol–water partition coefficient (Wildman–Crippen LogP) is 4.74. The standard InChI is InChI=1S/C26H25NO6/c1-15-18(10-11-22(28)27-12-6-9-23(29)30)26(31)33-25-16(2)24-20(13-19(15)25)21(14-32-24)17-7-4-3-5-8-17/h3-5,7-8,13-14H,6,9-12H2,1-2H3,(H,27,28)(H,29,30). The van der Waals surface area contributed by atoms with Crippen molar-refractivity contribution in [2.45, 2.75) is 39.5 Å². The lowest BCUT2D eigenvalue weighted by Crippen LogP contribution is -2.26. The number of rotatable bonds is 8. The van der Waals surface area contributed by atoms with Crippen molar-refractivity contribution in [1.82, 2.24) is 5.32 Å². The molecule has 0 radical (unpaired) electrons. The Bertz CT molecular complexity index is 1400. The number of furan rings is 1. The van der Waals surface area contributed by atoms with Crippen LogP contribution in [0.4, 0.5) is 0 Å². The fourth-order valence-electron chi connectivity index (χ4n) is 4.12. The molecule has 33 heavy (non-hydrogen) atoms. The van der Waals surface area contributed by atoms with Crippen LogP contribution in [0.3, 0.4) is 0 Å². The van der Waals surface area contributed by atoms with Crippen molar-refractivity contribution in [3.63, 3.8) is 0 Å². The minimum Gasteiger partial charge on any atom is -0.481 e. The van der Waals surface area contributed by atoms with E-state index < -0.39 is 11.6 Å². The van der Waals surface area contributed by atoms with Crippen molar-refractivity contribution in [3.05, 3.63) is 69.8 Å². The van der Waals surface area contributed by atoms with Crippen LogP contribution in [0.15, 0.2) is 56.3 Å². The van der Waals surface area contributed by atoms with Gasteiger partial charge in [-0.15, -0.1) is 0 Å². The smallest absolute Gasteiger partial charge is 0.339 e. The summed E-state index contributed by atoms with van der Waals surface area (Å²) in [7, 11) is 0. The van der Waals surface area contributed by atoms with E-state index in [1.165, 1.54) is 0 Å². The fourth-order valence-corrected chi connectivity index (χ4v) is 4.12. The molecule has 2 aromatic carbocycles. The van der Waals surface area contributed by atoms with E-state index in [0.717, 1.165) is 33.0 Å². The van der Waals surface area contributed by atoms with Crippen LogP contribution in [-0.4, -0.2) is 23.5 Å². The van der Waals surface area contributed by atoms with E-state index in [-0.39, 0.29) is 31.7 Å². The van der Waals surface area contributed by atoms with E-state index in [9.17, 15) is 14.4 Å². The number of aryl methyl sites for hydroxylation is 2. The lowest BCUT2D eigenvalue weighted by Gasteiger charge is -2.10. The molecule has 1 amide bonds. The van der Waals surface area contributed by atoms with Crippen molar-refractivity contribution in [2.24, 2.45) is 0 Å². The molecular weight excluding hydrogens is 422 g/mol. The maximum Gasteiger partial charge on any atom is 0.339 e. The van der Waals surface area contributed by atoms with Gasteiger partial charge in [0.25, 0.3) is 0 Å². The first-order valence-corrected chi connectivity index (χ1v) is 10.9. The number of fused-ring (bicyclic) bond motifs is 2. The Labute approximate surface area is 190 Å². The molecule has 2 heterocycles. The third-order valence-electron chi connectivity index (χ3n) is 5.92. The van der Waals surface area contributed by atoms with Crippen molar-refractivity contribution >= 4 is 33.8 Å². The lowest BCUT2D eigenvalue weighted by atomic mass is 9.97. The first kappa shape index (κ1) is 22.3. The lowest BCUT2D eigenvalue weighted by molar-refractivity contribution is -0.137. The number of benzene rings is 2. The Hall–Kier alpha value is -3.87. The highest BCUT2D eigenvalue weighted by Crippen LogP contribution is 2.37. The molecule has 0 unspecified atom stereocenters. The van der Waals surface area contributed by atoms with E-state index in [1.807, 2.05) is 50.2 Å². The first-order chi connectivity index (χ1) is 15.9. The number of carboxylic acid groups (broad SMARTS) is 1. The van der Waals surface area contributed by atoms with E-state index in [4.69, 9.17) is 13.9 Å². The highest BCUT2D eigenvalue weighted by Gasteiger charge is 2.19.